The lowest BCUT2D eigenvalue weighted by Crippen LogP contribution is -2.23. The lowest BCUT2D eigenvalue weighted by atomic mass is 10.3. The van der Waals surface area contributed by atoms with Crippen LogP contribution in [0.3, 0.4) is 0 Å². The molecule has 9 heteroatoms. The van der Waals surface area contributed by atoms with Crippen LogP contribution >= 0.6 is 0 Å². The number of carbonyl (C=O) groups is 1. The van der Waals surface area contributed by atoms with Crippen LogP contribution in [-0.4, -0.2) is 29.5 Å². The Kier molecular flexibility index (Phi) is 4.11. The summed E-state index contributed by atoms with van der Waals surface area (Å²) in [6.45, 7) is 1.40. The molecule has 0 unspecified atom stereocenters. The molecule has 8 nitrogen and oxygen atoms in total. The quantitative estimate of drug-likeness (QED) is 0.730. The third-order valence-corrected chi connectivity index (χ3v) is 3.80. The molecule has 106 valence electrons. The van der Waals surface area contributed by atoms with E-state index in [2.05, 4.69) is 25.2 Å². The van der Waals surface area contributed by atoms with Crippen LogP contribution in [0.1, 0.15) is 12.7 Å². The Bertz CT molecular complexity index is 679. The first-order valence-electron chi connectivity index (χ1n) is 5.69. The van der Waals surface area contributed by atoms with Crippen LogP contribution in [0, 0.1) is 0 Å². The largest absolute Gasteiger partial charge is 0.326 e. The van der Waals surface area contributed by atoms with Crippen molar-refractivity contribution >= 4 is 21.6 Å². The Balaban J connectivity index is 2.07. The monoisotopic (exact) mass is 295 g/mol. The van der Waals surface area contributed by atoms with Gasteiger partial charge in [-0.05, 0) is 24.3 Å². The molecule has 1 heterocycles. The molecule has 0 spiro atoms. The van der Waals surface area contributed by atoms with Gasteiger partial charge in [-0.15, -0.1) is 0 Å². The van der Waals surface area contributed by atoms with E-state index in [0.717, 1.165) is 0 Å². The normalized spacial score (nSPS) is 11.2. The van der Waals surface area contributed by atoms with E-state index >= 15 is 0 Å². The second-order valence-corrected chi connectivity index (χ2v) is 5.73. The van der Waals surface area contributed by atoms with Crippen LogP contribution in [0.2, 0.25) is 0 Å². The highest BCUT2D eigenvalue weighted by Crippen LogP contribution is 2.14. The summed E-state index contributed by atoms with van der Waals surface area (Å²) in [7, 11) is -3.63. The summed E-state index contributed by atoms with van der Waals surface area (Å²) in [4.78, 5) is 14.8. The average Bonchev–Trinajstić information content (AvgIpc) is 2.89. The number of H-pyrrole nitrogens is 1. The van der Waals surface area contributed by atoms with Crippen LogP contribution in [0.15, 0.2) is 35.5 Å². The number of anilines is 1. The summed E-state index contributed by atoms with van der Waals surface area (Å²) in [6, 6.07) is 5.86. The highest BCUT2D eigenvalue weighted by atomic mass is 32.2. The fourth-order valence-electron chi connectivity index (χ4n) is 1.48. The zero-order valence-electron chi connectivity index (χ0n) is 10.6. The van der Waals surface area contributed by atoms with E-state index in [1.165, 1.54) is 37.5 Å². The average molecular weight is 295 g/mol. The van der Waals surface area contributed by atoms with E-state index in [9.17, 15) is 13.2 Å². The zero-order valence-corrected chi connectivity index (χ0v) is 11.4. The van der Waals surface area contributed by atoms with Crippen LogP contribution in [-0.2, 0) is 21.4 Å². The van der Waals surface area contributed by atoms with Crippen LogP contribution in [0.25, 0.3) is 0 Å². The molecule has 20 heavy (non-hydrogen) atoms. The molecule has 2 aromatic rings. The maximum atomic E-state index is 12.0. The molecule has 0 saturated carbocycles. The summed E-state index contributed by atoms with van der Waals surface area (Å²) < 4.78 is 26.4. The summed E-state index contributed by atoms with van der Waals surface area (Å²) in [5.41, 5.74) is 0.534. The van der Waals surface area contributed by atoms with Gasteiger partial charge >= 0.3 is 0 Å². The van der Waals surface area contributed by atoms with E-state index in [1.54, 1.807) is 0 Å². The Morgan fingerprint density at radius 1 is 1.30 bits per heavy atom. The molecule has 1 aromatic heterocycles. The van der Waals surface area contributed by atoms with Crippen molar-refractivity contribution in [1.29, 1.82) is 0 Å². The fourth-order valence-corrected chi connectivity index (χ4v) is 2.47. The van der Waals surface area contributed by atoms with E-state index in [4.69, 9.17) is 0 Å². The number of hydrogen-bond donors (Lipinski definition) is 3. The highest BCUT2D eigenvalue weighted by molar-refractivity contribution is 7.89. The first-order chi connectivity index (χ1) is 9.47. The van der Waals surface area contributed by atoms with Gasteiger partial charge in [0.05, 0.1) is 11.4 Å². The van der Waals surface area contributed by atoms with Crippen molar-refractivity contribution in [2.24, 2.45) is 0 Å². The van der Waals surface area contributed by atoms with E-state index in [-0.39, 0.29) is 17.3 Å². The lowest BCUT2D eigenvalue weighted by molar-refractivity contribution is -0.114. The second kappa shape index (κ2) is 5.80. The maximum absolute atomic E-state index is 12.0. The van der Waals surface area contributed by atoms with Crippen molar-refractivity contribution in [3.8, 4) is 0 Å². The lowest BCUT2D eigenvalue weighted by Gasteiger charge is -2.06. The van der Waals surface area contributed by atoms with Crippen molar-refractivity contribution < 1.29 is 13.2 Å². The maximum Gasteiger partial charge on any atom is 0.240 e. The molecule has 0 atom stereocenters. The number of aromatic nitrogens is 3. The van der Waals surface area contributed by atoms with E-state index in [0.29, 0.717) is 11.5 Å². The fraction of sp³-hybridized carbons (Fsp3) is 0.182. The van der Waals surface area contributed by atoms with E-state index in [1.807, 2.05) is 0 Å². The van der Waals surface area contributed by atoms with E-state index < -0.39 is 10.0 Å². The summed E-state index contributed by atoms with van der Waals surface area (Å²) in [6.07, 6.45) is 1.30. The van der Waals surface area contributed by atoms with Crippen molar-refractivity contribution in [2.45, 2.75) is 18.4 Å². The highest BCUT2D eigenvalue weighted by Gasteiger charge is 2.14. The number of aromatic amines is 1. The minimum atomic E-state index is -3.63. The van der Waals surface area contributed by atoms with Gasteiger partial charge in [-0.1, -0.05) is 0 Å². The molecule has 3 N–H and O–H groups in total. The van der Waals surface area contributed by atoms with Crippen molar-refractivity contribution in [3.05, 3.63) is 36.4 Å². The van der Waals surface area contributed by atoms with Crippen molar-refractivity contribution in [2.75, 3.05) is 5.32 Å². The molecular weight excluding hydrogens is 282 g/mol. The van der Waals surface area contributed by atoms with Gasteiger partial charge in [-0.25, -0.2) is 18.1 Å². The first-order valence-corrected chi connectivity index (χ1v) is 7.17. The Morgan fingerprint density at radius 3 is 2.55 bits per heavy atom. The predicted octanol–water partition coefficient (Wildman–Crippen LogP) is 0.242. The number of benzene rings is 1. The first kappa shape index (κ1) is 14.2. The van der Waals surface area contributed by atoms with Crippen molar-refractivity contribution in [1.82, 2.24) is 19.9 Å². The SMILES string of the molecule is CC(=O)Nc1ccc(S(=O)(=O)NCc2ncn[nH]2)cc1. The smallest absolute Gasteiger partial charge is 0.240 e. The van der Waals surface area contributed by atoms with Gasteiger partial charge in [0, 0.05) is 12.6 Å². The molecule has 0 fully saturated rings. The van der Waals surface area contributed by atoms with Gasteiger partial charge in [0.15, 0.2) is 0 Å². The molecule has 0 aliphatic heterocycles. The van der Waals surface area contributed by atoms with Crippen molar-refractivity contribution in [3.63, 3.8) is 0 Å². The zero-order chi connectivity index (χ0) is 14.6. The summed E-state index contributed by atoms with van der Waals surface area (Å²) in [5, 5.41) is 8.74. The van der Waals surface area contributed by atoms with Crippen LogP contribution in [0.4, 0.5) is 5.69 Å². The number of hydrogen-bond acceptors (Lipinski definition) is 5. The molecule has 0 bridgehead atoms. The minimum absolute atomic E-state index is 0.0236. The molecule has 1 amide bonds. The van der Waals surface area contributed by atoms with Crippen LogP contribution in [0.5, 0.6) is 0 Å². The van der Waals surface area contributed by atoms with Gasteiger partial charge in [-0.2, -0.15) is 5.10 Å². The standard InChI is InChI=1S/C11H13N5O3S/c1-8(17)15-9-2-4-10(5-3-9)20(18,19)14-6-11-12-7-13-16-11/h2-5,7,14H,6H2,1H3,(H,15,17)(H,12,13,16). The molecule has 0 aliphatic rings. The number of amides is 1. The second-order valence-electron chi connectivity index (χ2n) is 3.96. The van der Waals surface area contributed by atoms with Gasteiger partial charge in [0.2, 0.25) is 15.9 Å². The molecule has 0 aliphatic carbocycles. The Hall–Kier alpha value is -2.26. The predicted molar refractivity (Wildman–Crippen MR) is 71.2 cm³/mol. The third-order valence-electron chi connectivity index (χ3n) is 2.38. The minimum Gasteiger partial charge on any atom is -0.326 e. The molecular formula is C11H13N5O3S. The summed E-state index contributed by atoms with van der Waals surface area (Å²) >= 11 is 0. The number of rotatable bonds is 5. The number of sulfonamides is 1. The van der Waals surface area contributed by atoms with Gasteiger partial charge in [0.25, 0.3) is 0 Å². The van der Waals surface area contributed by atoms with Gasteiger partial charge in [0.1, 0.15) is 12.2 Å². The molecule has 1 aromatic carbocycles. The Labute approximate surface area is 115 Å². The number of nitrogens with one attached hydrogen (secondary N) is 3. The van der Waals surface area contributed by atoms with Crippen LogP contribution < -0.4 is 10.0 Å². The molecule has 0 radical (unpaired) electrons. The number of carbonyl (C=O) groups excluding carboxylic acids is 1. The Morgan fingerprint density at radius 2 is 2.00 bits per heavy atom. The van der Waals surface area contributed by atoms with Gasteiger partial charge < -0.3 is 5.32 Å². The van der Waals surface area contributed by atoms with Gasteiger partial charge in [-0.3, -0.25) is 9.89 Å². The molecule has 2 rings (SSSR count). The number of nitrogens with zero attached hydrogens (tertiary/aromatic N) is 2. The molecule has 0 saturated heterocycles. The third kappa shape index (κ3) is 3.62. The topological polar surface area (TPSA) is 117 Å². The summed E-state index contributed by atoms with van der Waals surface area (Å²) in [5.74, 6) is 0.201.